The summed E-state index contributed by atoms with van der Waals surface area (Å²) in [5.41, 5.74) is 0. The van der Waals surface area contributed by atoms with Crippen molar-refractivity contribution in [3.8, 4) is 0 Å². The summed E-state index contributed by atoms with van der Waals surface area (Å²) in [4.78, 5) is 43.6. The predicted octanol–water partition coefficient (Wildman–Crippen LogP) is 9.15. The van der Waals surface area contributed by atoms with Gasteiger partial charge >= 0.3 is 27.6 Å². The van der Waals surface area contributed by atoms with Gasteiger partial charge in [-0.25, -0.2) is 9.13 Å². The summed E-state index contributed by atoms with van der Waals surface area (Å²) in [6.45, 7) is 0.0823. The Hall–Kier alpha value is -3.04. The van der Waals surface area contributed by atoms with E-state index in [-0.39, 0.29) is 12.8 Å². The Kier molecular flexibility index (Phi) is 38.7. The molecule has 0 spiro atoms. The zero-order valence-electron chi connectivity index (χ0n) is 36.7. The van der Waals surface area contributed by atoms with Gasteiger partial charge in [0.15, 0.2) is 0 Å². The third-order valence-corrected chi connectivity index (χ3v) is 10.0. The molecule has 17 heteroatoms. The Labute approximate surface area is 369 Å². The standard InChI is InChI=1S/C45H74O15P2/c1-3-5-7-9-11-13-15-17-18-19-20-22-24-26-28-30-32-34-45(50)56-36-42(47)38-58-62(53,54)60-40-43(48)39-59-61(51,52)57-37-41(46)35-55-44(49)33-31-29-27-25-23-21-16-14-12-10-8-6-4-2/h6,8,10-14,16-18,20-23,26,28,41-43,46-48H,3-5,7,9,15,19,24-25,27,29-40H2,1-2H3,(H,51,52)(H,53,54)/b8-6+,12-10+,13-11-,16-14-,18-17-,22-20-,23-21-,28-26-. The molecule has 5 unspecified atom stereocenters. The molecule has 5 N–H and O–H groups in total. The molecule has 0 aliphatic heterocycles. The molecule has 0 rings (SSSR count). The van der Waals surface area contributed by atoms with E-state index in [0.29, 0.717) is 19.3 Å². The van der Waals surface area contributed by atoms with E-state index in [1.165, 1.54) is 19.3 Å². The highest BCUT2D eigenvalue weighted by Crippen LogP contribution is 2.45. The second-order valence-electron chi connectivity index (χ2n) is 14.1. The lowest BCUT2D eigenvalue weighted by Gasteiger charge is -2.19. The third kappa shape index (κ3) is 42.3. The van der Waals surface area contributed by atoms with E-state index in [9.17, 15) is 43.8 Å². The molecule has 0 amide bonds. The van der Waals surface area contributed by atoms with Crippen molar-refractivity contribution in [2.45, 2.75) is 135 Å². The Morgan fingerprint density at radius 1 is 0.452 bits per heavy atom. The zero-order valence-corrected chi connectivity index (χ0v) is 38.5. The van der Waals surface area contributed by atoms with Gasteiger partial charge in [-0.05, 0) is 70.6 Å². The fourth-order valence-corrected chi connectivity index (χ4v) is 6.33. The lowest BCUT2D eigenvalue weighted by molar-refractivity contribution is -0.148. The molecule has 0 bridgehead atoms. The lowest BCUT2D eigenvalue weighted by atomic mass is 10.1. The van der Waals surface area contributed by atoms with E-state index < -0.39 is 85.5 Å². The molecule has 0 radical (unpaired) electrons. The summed E-state index contributed by atoms with van der Waals surface area (Å²) in [6, 6.07) is 0. The van der Waals surface area contributed by atoms with Crippen LogP contribution in [0, 0.1) is 0 Å². The molecule has 0 saturated carbocycles. The molecule has 0 aromatic heterocycles. The number of carbonyl (C=O) groups excluding carboxylic acids is 2. The van der Waals surface area contributed by atoms with Gasteiger partial charge in [0.2, 0.25) is 0 Å². The summed E-state index contributed by atoms with van der Waals surface area (Å²) in [5, 5.41) is 29.9. The maximum Gasteiger partial charge on any atom is 0.472 e. The van der Waals surface area contributed by atoms with E-state index in [0.717, 1.165) is 51.4 Å². The Balaban J connectivity index is 4.04. The number of aliphatic hydroxyl groups is 3. The molecular weight excluding hydrogens is 842 g/mol. The number of rotatable bonds is 40. The highest BCUT2D eigenvalue weighted by molar-refractivity contribution is 7.47. The molecule has 0 fully saturated rings. The van der Waals surface area contributed by atoms with Crippen molar-refractivity contribution >= 4 is 27.6 Å². The molecule has 15 nitrogen and oxygen atoms in total. The fourth-order valence-electron chi connectivity index (χ4n) is 4.74. The highest BCUT2D eigenvalue weighted by Gasteiger charge is 2.28. The van der Waals surface area contributed by atoms with E-state index in [1.807, 2.05) is 54.7 Å². The molecule has 0 aliphatic carbocycles. The van der Waals surface area contributed by atoms with Crippen LogP contribution in [-0.2, 0) is 46.3 Å². The van der Waals surface area contributed by atoms with Crippen molar-refractivity contribution in [2.24, 2.45) is 0 Å². The lowest BCUT2D eigenvalue weighted by Crippen LogP contribution is -2.25. The number of esters is 2. The average Bonchev–Trinajstić information content (AvgIpc) is 3.24. The summed E-state index contributed by atoms with van der Waals surface area (Å²) >= 11 is 0. The van der Waals surface area contributed by atoms with Crippen LogP contribution in [-0.4, -0.2) is 95.0 Å². The number of unbranched alkanes of at least 4 members (excludes halogenated alkanes) is 7. The summed E-state index contributed by atoms with van der Waals surface area (Å²) in [6.07, 6.45) is 41.3. The van der Waals surface area contributed by atoms with E-state index >= 15 is 0 Å². The van der Waals surface area contributed by atoms with Gasteiger partial charge < -0.3 is 34.6 Å². The second-order valence-corrected chi connectivity index (χ2v) is 17.0. The zero-order chi connectivity index (χ0) is 46.0. The van der Waals surface area contributed by atoms with E-state index in [4.69, 9.17) is 9.47 Å². The van der Waals surface area contributed by atoms with Gasteiger partial charge in [0.05, 0.1) is 26.4 Å². The first-order chi connectivity index (χ1) is 29.8. The molecule has 62 heavy (non-hydrogen) atoms. The third-order valence-electron chi connectivity index (χ3n) is 8.12. The van der Waals surface area contributed by atoms with Crippen molar-refractivity contribution in [3.63, 3.8) is 0 Å². The molecule has 0 saturated heterocycles. The number of ether oxygens (including phenoxy) is 2. The van der Waals surface area contributed by atoms with Crippen molar-refractivity contribution in [1.29, 1.82) is 0 Å². The van der Waals surface area contributed by atoms with E-state index in [2.05, 4.69) is 74.5 Å². The largest absolute Gasteiger partial charge is 0.472 e. The predicted molar refractivity (Wildman–Crippen MR) is 242 cm³/mol. The monoisotopic (exact) mass is 916 g/mol. The van der Waals surface area contributed by atoms with Crippen molar-refractivity contribution in [3.05, 3.63) is 97.2 Å². The normalized spacial score (nSPS) is 16.2. The smallest absolute Gasteiger partial charge is 0.463 e. The summed E-state index contributed by atoms with van der Waals surface area (Å²) in [7, 11) is -9.60. The average molecular weight is 917 g/mol. The van der Waals surface area contributed by atoms with Gasteiger partial charge in [0, 0.05) is 12.8 Å². The maximum absolute atomic E-state index is 12.1. The molecule has 0 aromatic rings. The first kappa shape index (κ1) is 59.0. The van der Waals surface area contributed by atoms with Crippen LogP contribution in [0.1, 0.15) is 117 Å². The second kappa shape index (κ2) is 40.7. The van der Waals surface area contributed by atoms with Crippen LogP contribution in [0.5, 0.6) is 0 Å². The molecular formula is C45H74O15P2. The molecule has 0 aromatic carbocycles. The van der Waals surface area contributed by atoms with Crippen LogP contribution < -0.4 is 0 Å². The minimum Gasteiger partial charge on any atom is -0.463 e. The van der Waals surface area contributed by atoms with Crippen LogP contribution in [0.25, 0.3) is 0 Å². The van der Waals surface area contributed by atoms with Crippen LogP contribution in [0.2, 0.25) is 0 Å². The van der Waals surface area contributed by atoms with Crippen molar-refractivity contribution < 1.29 is 71.4 Å². The van der Waals surface area contributed by atoms with Crippen LogP contribution >= 0.6 is 15.6 Å². The Morgan fingerprint density at radius 2 is 0.823 bits per heavy atom. The van der Waals surface area contributed by atoms with Gasteiger partial charge in [-0.1, -0.05) is 130 Å². The number of phosphoric ester groups is 2. The van der Waals surface area contributed by atoms with Crippen LogP contribution in [0.3, 0.4) is 0 Å². The van der Waals surface area contributed by atoms with Crippen LogP contribution in [0.4, 0.5) is 0 Å². The number of hydrogen-bond acceptors (Lipinski definition) is 13. The number of aliphatic hydroxyl groups excluding tert-OH is 3. The van der Waals surface area contributed by atoms with Gasteiger partial charge in [0.25, 0.3) is 0 Å². The van der Waals surface area contributed by atoms with E-state index in [1.54, 1.807) is 0 Å². The van der Waals surface area contributed by atoms with Crippen molar-refractivity contribution in [1.82, 2.24) is 0 Å². The summed E-state index contributed by atoms with van der Waals surface area (Å²) < 4.78 is 52.7. The number of allylic oxidation sites excluding steroid dienone is 16. The number of carbonyl (C=O) groups is 2. The SMILES string of the molecule is CC/C=C/C=C/C=C\C=C/CCCCCC(=O)OCC(O)COP(=O)(O)OCC(O)COP(=O)(O)OCC(O)COC(=O)CCC/C=C\C/C=C\C/C=C\C/C=C\CCCCC. The van der Waals surface area contributed by atoms with Crippen molar-refractivity contribution in [2.75, 3.05) is 39.6 Å². The van der Waals surface area contributed by atoms with Gasteiger partial charge in [-0.3, -0.25) is 27.7 Å². The molecule has 5 atom stereocenters. The highest BCUT2D eigenvalue weighted by atomic mass is 31.2. The Bertz CT molecular complexity index is 1480. The van der Waals surface area contributed by atoms with Gasteiger partial charge in [0.1, 0.15) is 31.5 Å². The minimum absolute atomic E-state index is 0.115. The first-order valence-electron chi connectivity index (χ1n) is 21.6. The first-order valence-corrected chi connectivity index (χ1v) is 24.6. The Morgan fingerprint density at radius 3 is 1.29 bits per heavy atom. The van der Waals surface area contributed by atoms with Gasteiger partial charge in [-0.15, -0.1) is 0 Å². The quantitative estimate of drug-likeness (QED) is 0.0127. The molecule has 0 aliphatic rings. The van der Waals surface area contributed by atoms with Gasteiger partial charge in [-0.2, -0.15) is 0 Å². The minimum atomic E-state index is -4.80. The number of hydrogen-bond donors (Lipinski definition) is 5. The number of phosphoric acid groups is 2. The van der Waals surface area contributed by atoms with Crippen LogP contribution in [0.15, 0.2) is 97.2 Å². The fraction of sp³-hybridized carbons (Fsp3) is 0.600. The molecule has 354 valence electrons. The molecule has 0 heterocycles. The topological polar surface area (TPSA) is 225 Å². The summed E-state index contributed by atoms with van der Waals surface area (Å²) in [5.74, 6) is -1.10. The maximum atomic E-state index is 12.1.